The molecule has 0 saturated heterocycles. The van der Waals surface area contributed by atoms with Gasteiger partial charge in [0.25, 0.3) is 0 Å². The number of hydrogen-bond donors (Lipinski definition) is 1. The lowest BCUT2D eigenvalue weighted by molar-refractivity contribution is -0.613. The van der Waals surface area contributed by atoms with Gasteiger partial charge in [0, 0.05) is 24.1 Å². The van der Waals surface area contributed by atoms with Crippen molar-refractivity contribution in [3.05, 3.63) is 71.5 Å². The molecular formula is C19H18N4O3S. The first-order valence-electron chi connectivity index (χ1n) is 8.34. The Hall–Kier alpha value is -3.13. The van der Waals surface area contributed by atoms with Gasteiger partial charge in [0.15, 0.2) is 11.4 Å². The van der Waals surface area contributed by atoms with Crippen LogP contribution in [0.2, 0.25) is 0 Å². The molecule has 3 heterocycles. The zero-order valence-corrected chi connectivity index (χ0v) is 15.7. The van der Waals surface area contributed by atoms with Crippen LogP contribution >= 0.6 is 0 Å². The zero-order chi connectivity index (χ0) is 19.0. The maximum atomic E-state index is 12.8. The fraction of sp³-hybridized carbons (Fsp3) is 0.158. The van der Waals surface area contributed by atoms with Gasteiger partial charge in [-0.05, 0) is 37.3 Å². The van der Waals surface area contributed by atoms with Gasteiger partial charge >= 0.3 is 0 Å². The molecule has 4 rings (SSSR count). The van der Waals surface area contributed by atoms with Crippen molar-refractivity contribution in [3.63, 3.8) is 0 Å². The van der Waals surface area contributed by atoms with E-state index in [1.54, 1.807) is 20.1 Å². The molecule has 0 aliphatic carbocycles. The summed E-state index contributed by atoms with van der Waals surface area (Å²) in [6.45, 7) is 1.78. The van der Waals surface area contributed by atoms with Crippen LogP contribution < -0.4 is 9.47 Å². The molecule has 1 atom stereocenters. The summed E-state index contributed by atoms with van der Waals surface area (Å²) in [6.07, 6.45) is 5.27. The minimum atomic E-state index is -1.49. The fourth-order valence-electron chi connectivity index (χ4n) is 2.99. The second-order valence-electron chi connectivity index (χ2n) is 6.11. The van der Waals surface area contributed by atoms with Crippen molar-refractivity contribution < 1.29 is 13.7 Å². The number of nitrogens with zero attached hydrogens (tertiary/aromatic N) is 3. The summed E-state index contributed by atoms with van der Waals surface area (Å²) in [6, 6.07) is 11.3. The Balaban J connectivity index is 1.66. The fourth-order valence-corrected chi connectivity index (χ4v) is 4.15. The van der Waals surface area contributed by atoms with Crippen LogP contribution in [-0.4, -0.2) is 25.9 Å². The van der Waals surface area contributed by atoms with E-state index in [0.717, 1.165) is 21.5 Å². The van der Waals surface area contributed by atoms with Gasteiger partial charge in [-0.2, -0.15) is 4.73 Å². The molecule has 0 bridgehead atoms. The lowest BCUT2D eigenvalue weighted by Gasteiger charge is -2.10. The minimum Gasteiger partial charge on any atom is -0.618 e. The highest BCUT2D eigenvalue weighted by Gasteiger charge is 2.20. The maximum Gasteiger partial charge on any atom is 0.212 e. The van der Waals surface area contributed by atoms with Crippen LogP contribution in [-0.2, 0) is 16.6 Å². The SMILES string of the molecule is COc1cc[n+]([O-])c(CS(=O)c2nc3ccc(-n4cccc4)cc3[nH]2)c1C. The third-order valence-electron chi connectivity index (χ3n) is 4.48. The summed E-state index contributed by atoms with van der Waals surface area (Å²) in [7, 11) is 0.0504. The molecular weight excluding hydrogens is 364 g/mol. The molecule has 0 fully saturated rings. The predicted molar refractivity (Wildman–Crippen MR) is 102 cm³/mol. The van der Waals surface area contributed by atoms with Crippen molar-refractivity contribution >= 4 is 21.8 Å². The standard InChI is InChI=1S/C19H18N4O3S/c1-13-17(23(24)10-7-18(13)26-2)12-27(25)19-20-15-6-5-14(11-16(15)21-19)22-8-3-4-9-22/h3-11H,12H2,1-2H3,(H,20,21). The van der Waals surface area contributed by atoms with Crippen molar-refractivity contribution in [1.29, 1.82) is 0 Å². The van der Waals surface area contributed by atoms with Crippen LogP contribution in [0.1, 0.15) is 11.3 Å². The van der Waals surface area contributed by atoms with E-state index in [-0.39, 0.29) is 5.75 Å². The molecule has 1 unspecified atom stereocenters. The van der Waals surface area contributed by atoms with Crippen molar-refractivity contribution in [2.24, 2.45) is 0 Å². The highest BCUT2D eigenvalue weighted by atomic mass is 32.2. The molecule has 1 aromatic carbocycles. The molecule has 8 heteroatoms. The molecule has 3 aromatic heterocycles. The molecule has 0 amide bonds. The molecule has 0 saturated carbocycles. The van der Waals surface area contributed by atoms with E-state index in [1.165, 1.54) is 6.20 Å². The van der Waals surface area contributed by atoms with Gasteiger partial charge in [-0.15, -0.1) is 0 Å². The Morgan fingerprint density at radius 2 is 2.07 bits per heavy atom. The van der Waals surface area contributed by atoms with E-state index < -0.39 is 10.8 Å². The van der Waals surface area contributed by atoms with Gasteiger partial charge in [-0.25, -0.2) is 4.98 Å². The Labute approximate surface area is 158 Å². The largest absolute Gasteiger partial charge is 0.618 e. The molecule has 0 spiro atoms. The number of hydrogen-bond acceptors (Lipinski definition) is 4. The second kappa shape index (κ2) is 6.88. The van der Waals surface area contributed by atoms with Crippen LogP contribution in [0, 0.1) is 12.1 Å². The summed E-state index contributed by atoms with van der Waals surface area (Å²) in [5.41, 5.74) is 3.58. The van der Waals surface area contributed by atoms with Crippen LogP contribution in [0.5, 0.6) is 5.75 Å². The molecule has 0 radical (unpaired) electrons. The molecule has 138 valence electrons. The minimum absolute atomic E-state index is 0.0524. The van der Waals surface area contributed by atoms with Crippen LogP contribution in [0.3, 0.4) is 0 Å². The molecule has 1 N–H and O–H groups in total. The Bertz CT molecular complexity index is 1140. The average Bonchev–Trinajstić information content (AvgIpc) is 3.33. The van der Waals surface area contributed by atoms with Gasteiger partial charge in [0.05, 0.1) is 34.5 Å². The number of imidazole rings is 1. The maximum absolute atomic E-state index is 12.8. The van der Waals surface area contributed by atoms with E-state index in [0.29, 0.717) is 22.2 Å². The quantitative estimate of drug-likeness (QED) is 0.425. The summed E-state index contributed by atoms with van der Waals surface area (Å²) in [5.74, 6) is 0.645. The molecule has 0 aliphatic rings. The second-order valence-corrected chi connectivity index (χ2v) is 7.47. The topological polar surface area (TPSA) is 86.8 Å². The zero-order valence-electron chi connectivity index (χ0n) is 14.9. The van der Waals surface area contributed by atoms with Crippen LogP contribution in [0.25, 0.3) is 16.7 Å². The van der Waals surface area contributed by atoms with Gasteiger partial charge < -0.3 is 19.5 Å². The first-order valence-corrected chi connectivity index (χ1v) is 9.66. The van der Waals surface area contributed by atoms with Crippen LogP contribution in [0.15, 0.2) is 60.1 Å². The summed E-state index contributed by atoms with van der Waals surface area (Å²) < 4.78 is 20.8. The van der Waals surface area contributed by atoms with Gasteiger partial charge in [0.2, 0.25) is 5.69 Å². The van der Waals surface area contributed by atoms with E-state index in [9.17, 15) is 9.42 Å². The molecule has 4 aromatic rings. The van der Waals surface area contributed by atoms with Gasteiger partial charge in [-0.3, -0.25) is 4.21 Å². The lowest BCUT2D eigenvalue weighted by Crippen LogP contribution is -2.33. The van der Waals surface area contributed by atoms with Crippen LogP contribution in [0.4, 0.5) is 0 Å². The average molecular weight is 382 g/mol. The van der Waals surface area contributed by atoms with Crippen molar-refractivity contribution in [3.8, 4) is 11.4 Å². The first kappa shape index (κ1) is 17.3. The number of fused-ring (bicyclic) bond motifs is 1. The summed E-state index contributed by atoms with van der Waals surface area (Å²) in [4.78, 5) is 7.54. The number of aromatic nitrogens is 4. The highest BCUT2D eigenvalue weighted by Crippen LogP contribution is 2.22. The van der Waals surface area contributed by atoms with E-state index >= 15 is 0 Å². The van der Waals surface area contributed by atoms with E-state index in [4.69, 9.17) is 4.74 Å². The Kier molecular flexibility index (Phi) is 4.41. The smallest absolute Gasteiger partial charge is 0.212 e. The molecule has 7 nitrogen and oxygen atoms in total. The molecule has 0 aliphatic heterocycles. The number of pyridine rings is 1. The third-order valence-corrected chi connectivity index (χ3v) is 5.64. The number of rotatable bonds is 5. The summed E-state index contributed by atoms with van der Waals surface area (Å²) >= 11 is 0. The lowest BCUT2D eigenvalue weighted by atomic mass is 10.2. The Morgan fingerprint density at radius 1 is 1.30 bits per heavy atom. The summed E-state index contributed by atoms with van der Waals surface area (Å²) in [5, 5.41) is 12.5. The number of benzene rings is 1. The number of nitrogens with one attached hydrogen (secondary N) is 1. The number of ether oxygens (including phenoxy) is 1. The Morgan fingerprint density at radius 3 is 2.81 bits per heavy atom. The highest BCUT2D eigenvalue weighted by molar-refractivity contribution is 7.84. The van der Waals surface area contributed by atoms with Crippen molar-refractivity contribution in [1.82, 2.24) is 14.5 Å². The number of H-pyrrole nitrogens is 1. The number of methoxy groups -OCH3 is 1. The van der Waals surface area contributed by atoms with Crippen molar-refractivity contribution in [2.75, 3.05) is 7.11 Å². The third kappa shape index (κ3) is 3.19. The van der Waals surface area contributed by atoms with E-state index in [1.807, 2.05) is 47.3 Å². The van der Waals surface area contributed by atoms with Gasteiger partial charge in [0.1, 0.15) is 11.5 Å². The van der Waals surface area contributed by atoms with Crippen molar-refractivity contribution in [2.45, 2.75) is 17.8 Å². The predicted octanol–water partition coefficient (Wildman–Crippen LogP) is 2.61. The first-order chi connectivity index (χ1) is 13.1. The molecule has 27 heavy (non-hydrogen) atoms. The normalized spacial score (nSPS) is 12.4. The monoisotopic (exact) mass is 382 g/mol. The number of aromatic amines is 1. The van der Waals surface area contributed by atoms with Gasteiger partial charge in [-0.1, -0.05) is 0 Å². The van der Waals surface area contributed by atoms with E-state index in [2.05, 4.69) is 9.97 Å².